The Labute approximate surface area is 243 Å². The van der Waals surface area contributed by atoms with Gasteiger partial charge < -0.3 is 18.4 Å². The van der Waals surface area contributed by atoms with Gasteiger partial charge in [0, 0.05) is 5.56 Å². The van der Waals surface area contributed by atoms with E-state index in [1.54, 1.807) is 43.3 Å². The SMILES string of the molecule is CCOc1cc(/C=N/NC(=O)c2ccc(OCc3ccccc3)c(OC)c2)cc(Cl)c1OS(=O)(=O)c1ccccc1. The molecule has 4 aromatic carbocycles. The Bertz CT molecular complexity index is 1630. The molecule has 41 heavy (non-hydrogen) atoms. The van der Waals surface area contributed by atoms with E-state index in [0.29, 0.717) is 29.2 Å². The van der Waals surface area contributed by atoms with Crippen molar-refractivity contribution in [2.24, 2.45) is 5.10 Å². The molecule has 0 heterocycles. The van der Waals surface area contributed by atoms with Gasteiger partial charge >= 0.3 is 10.1 Å². The normalized spacial score (nSPS) is 11.2. The van der Waals surface area contributed by atoms with Crippen molar-refractivity contribution >= 4 is 33.8 Å². The monoisotopic (exact) mass is 594 g/mol. The topological polar surface area (TPSA) is 113 Å². The second kappa shape index (κ2) is 13.7. The van der Waals surface area contributed by atoms with E-state index in [1.165, 1.54) is 37.6 Å². The summed E-state index contributed by atoms with van der Waals surface area (Å²) in [4.78, 5) is 12.7. The van der Waals surface area contributed by atoms with Gasteiger partial charge in [-0.3, -0.25) is 4.79 Å². The van der Waals surface area contributed by atoms with E-state index in [2.05, 4.69) is 10.5 Å². The summed E-state index contributed by atoms with van der Waals surface area (Å²) < 4.78 is 47.6. The Kier molecular flexibility index (Phi) is 9.83. The number of hydrogen-bond acceptors (Lipinski definition) is 8. The van der Waals surface area contributed by atoms with E-state index in [-0.39, 0.29) is 28.0 Å². The van der Waals surface area contributed by atoms with Crippen molar-refractivity contribution in [2.45, 2.75) is 18.4 Å². The fourth-order valence-electron chi connectivity index (χ4n) is 3.64. The van der Waals surface area contributed by atoms with Gasteiger partial charge in [-0.2, -0.15) is 13.5 Å². The van der Waals surface area contributed by atoms with Crippen molar-refractivity contribution < 1.29 is 31.6 Å². The van der Waals surface area contributed by atoms with Gasteiger partial charge in [0.2, 0.25) is 5.75 Å². The minimum absolute atomic E-state index is 0.0148. The minimum Gasteiger partial charge on any atom is -0.493 e. The molecule has 0 unspecified atom stereocenters. The van der Waals surface area contributed by atoms with Crippen molar-refractivity contribution in [1.82, 2.24) is 5.43 Å². The highest BCUT2D eigenvalue weighted by Gasteiger charge is 2.22. The summed E-state index contributed by atoms with van der Waals surface area (Å²) >= 11 is 6.37. The standard InChI is InChI=1S/C30H27ClN2O7S/c1-3-38-28-17-22(16-25(31)29(28)40-41(35,36)24-12-8-5-9-13-24)19-32-33-30(34)23-14-15-26(27(18-23)37-2)39-20-21-10-6-4-7-11-21/h4-19H,3,20H2,1-2H3,(H,33,34)/b32-19+. The number of carbonyl (C=O) groups is 1. The number of hydrogen-bond donors (Lipinski definition) is 1. The van der Waals surface area contributed by atoms with Gasteiger partial charge in [0.15, 0.2) is 17.2 Å². The molecule has 11 heteroatoms. The van der Waals surface area contributed by atoms with Crippen LogP contribution < -0.4 is 23.8 Å². The molecule has 0 aliphatic rings. The molecule has 212 valence electrons. The summed E-state index contributed by atoms with van der Waals surface area (Å²) in [7, 11) is -2.66. The first-order valence-corrected chi connectivity index (χ1v) is 14.2. The van der Waals surface area contributed by atoms with Gasteiger partial charge in [0.05, 0.1) is 25.0 Å². The number of methoxy groups -OCH3 is 1. The number of amides is 1. The van der Waals surface area contributed by atoms with Crippen LogP contribution in [0.25, 0.3) is 0 Å². The highest BCUT2D eigenvalue weighted by atomic mass is 35.5. The Morgan fingerprint density at radius 1 is 0.902 bits per heavy atom. The first kappa shape index (κ1) is 29.4. The van der Waals surface area contributed by atoms with Crippen LogP contribution in [0, 0.1) is 0 Å². The van der Waals surface area contributed by atoms with Crippen LogP contribution in [0.3, 0.4) is 0 Å². The van der Waals surface area contributed by atoms with Crippen LogP contribution in [0.5, 0.6) is 23.0 Å². The van der Waals surface area contributed by atoms with E-state index in [4.69, 9.17) is 30.0 Å². The van der Waals surface area contributed by atoms with Crippen molar-refractivity contribution in [3.8, 4) is 23.0 Å². The van der Waals surface area contributed by atoms with E-state index in [1.807, 2.05) is 30.3 Å². The van der Waals surface area contributed by atoms with Crippen LogP contribution in [0.15, 0.2) is 101 Å². The van der Waals surface area contributed by atoms with Crippen molar-refractivity contribution in [3.05, 3.63) is 113 Å². The number of carbonyl (C=O) groups excluding carboxylic acids is 1. The van der Waals surface area contributed by atoms with E-state index in [9.17, 15) is 13.2 Å². The summed E-state index contributed by atoms with van der Waals surface area (Å²) in [6.45, 7) is 2.31. The molecule has 0 radical (unpaired) electrons. The van der Waals surface area contributed by atoms with Crippen molar-refractivity contribution in [1.29, 1.82) is 0 Å². The average Bonchev–Trinajstić information content (AvgIpc) is 2.99. The van der Waals surface area contributed by atoms with Crippen LogP contribution in [-0.4, -0.2) is 34.3 Å². The molecule has 9 nitrogen and oxygen atoms in total. The van der Waals surface area contributed by atoms with Gasteiger partial charge in [-0.1, -0.05) is 60.1 Å². The molecule has 0 aliphatic carbocycles. The van der Waals surface area contributed by atoms with Crippen molar-refractivity contribution in [3.63, 3.8) is 0 Å². The molecule has 4 aromatic rings. The summed E-state index contributed by atoms with van der Waals surface area (Å²) in [5.41, 5.74) is 4.18. The minimum atomic E-state index is -4.15. The van der Waals surface area contributed by atoms with E-state index >= 15 is 0 Å². The third-order valence-electron chi connectivity index (χ3n) is 5.60. The van der Waals surface area contributed by atoms with Crippen LogP contribution in [0.4, 0.5) is 0 Å². The molecule has 0 saturated heterocycles. The number of hydrazone groups is 1. The summed E-state index contributed by atoms with van der Waals surface area (Å²) in [5, 5.41) is 3.98. The molecular weight excluding hydrogens is 568 g/mol. The molecule has 4 rings (SSSR count). The lowest BCUT2D eigenvalue weighted by Gasteiger charge is -2.14. The fraction of sp³-hybridized carbons (Fsp3) is 0.133. The second-order valence-electron chi connectivity index (χ2n) is 8.45. The third-order valence-corrected chi connectivity index (χ3v) is 7.12. The number of rotatable bonds is 12. The zero-order valence-corrected chi connectivity index (χ0v) is 23.8. The molecule has 0 aliphatic heterocycles. The first-order chi connectivity index (χ1) is 19.8. The molecule has 1 amide bonds. The zero-order chi connectivity index (χ0) is 29.2. The summed E-state index contributed by atoms with van der Waals surface area (Å²) in [5.74, 6) is 0.348. The quantitative estimate of drug-likeness (QED) is 0.124. The fourth-order valence-corrected chi connectivity index (χ4v) is 4.93. The number of nitrogens with one attached hydrogen (secondary N) is 1. The van der Waals surface area contributed by atoms with Gasteiger partial charge in [-0.15, -0.1) is 0 Å². The van der Waals surface area contributed by atoms with E-state index in [0.717, 1.165) is 5.56 Å². The number of halogens is 1. The lowest BCUT2D eigenvalue weighted by Crippen LogP contribution is -2.17. The lowest BCUT2D eigenvalue weighted by molar-refractivity contribution is 0.0954. The predicted octanol–water partition coefficient (Wildman–Crippen LogP) is 5.86. The molecule has 0 bridgehead atoms. The van der Waals surface area contributed by atoms with Gasteiger partial charge in [-0.25, -0.2) is 5.43 Å². The average molecular weight is 595 g/mol. The van der Waals surface area contributed by atoms with Gasteiger partial charge in [0.1, 0.15) is 11.5 Å². The Balaban J connectivity index is 1.45. The molecular formula is C30H27ClN2O7S. The number of benzene rings is 4. The molecule has 0 spiro atoms. The third kappa shape index (κ3) is 7.77. The highest BCUT2D eigenvalue weighted by Crippen LogP contribution is 2.38. The Morgan fingerprint density at radius 2 is 1.61 bits per heavy atom. The van der Waals surface area contributed by atoms with Crippen LogP contribution in [0.2, 0.25) is 5.02 Å². The molecule has 0 atom stereocenters. The molecule has 0 aromatic heterocycles. The number of ether oxygens (including phenoxy) is 3. The van der Waals surface area contributed by atoms with Gasteiger partial charge in [-0.05, 0) is 60.5 Å². The summed E-state index contributed by atoms with van der Waals surface area (Å²) in [6, 6.07) is 25.1. The maximum atomic E-state index is 12.7. The Hall–Kier alpha value is -4.54. The van der Waals surface area contributed by atoms with Crippen LogP contribution >= 0.6 is 11.6 Å². The smallest absolute Gasteiger partial charge is 0.339 e. The van der Waals surface area contributed by atoms with Crippen LogP contribution in [0.1, 0.15) is 28.4 Å². The number of nitrogens with zero attached hydrogens (tertiary/aromatic N) is 1. The highest BCUT2D eigenvalue weighted by molar-refractivity contribution is 7.87. The predicted molar refractivity (Wildman–Crippen MR) is 156 cm³/mol. The maximum absolute atomic E-state index is 12.7. The van der Waals surface area contributed by atoms with E-state index < -0.39 is 16.0 Å². The zero-order valence-electron chi connectivity index (χ0n) is 22.2. The van der Waals surface area contributed by atoms with Crippen molar-refractivity contribution in [2.75, 3.05) is 13.7 Å². The van der Waals surface area contributed by atoms with Crippen LogP contribution in [-0.2, 0) is 16.7 Å². The maximum Gasteiger partial charge on any atom is 0.339 e. The first-order valence-electron chi connectivity index (χ1n) is 12.4. The molecule has 0 fully saturated rings. The summed E-state index contributed by atoms with van der Waals surface area (Å²) in [6.07, 6.45) is 1.34. The largest absolute Gasteiger partial charge is 0.493 e. The lowest BCUT2D eigenvalue weighted by atomic mass is 10.2. The molecule has 0 saturated carbocycles. The van der Waals surface area contributed by atoms with Gasteiger partial charge in [0.25, 0.3) is 5.91 Å². The molecule has 1 N–H and O–H groups in total. The Morgan fingerprint density at radius 3 is 2.29 bits per heavy atom. The second-order valence-corrected chi connectivity index (χ2v) is 10.4.